The molecule has 3 rings (SSSR count). The molecule has 0 aliphatic carbocycles. The zero-order valence-corrected chi connectivity index (χ0v) is 21.9. The molecular formula is C30H41NO4. The van der Waals surface area contributed by atoms with Gasteiger partial charge in [-0.2, -0.15) is 0 Å². The van der Waals surface area contributed by atoms with Gasteiger partial charge in [0.15, 0.2) is 0 Å². The first kappa shape index (κ1) is 26.8. The summed E-state index contributed by atoms with van der Waals surface area (Å²) in [6.07, 6.45) is 9.61. The largest absolute Gasteiger partial charge is 0.465 e. The lowest BCUT2D eigenvalue weighted by Crippen LogP contribution is -2.30. The molecule has 2 aromatic rings. The van der Waals surface area contributed by atoms with E-state index in [-0.39, 0.29) is 17.5 Å². The van der Waals surface area contributed by atoms with Crippen LogP contribution < -0.4 is 4.74 Å². The molecule has 1 saturated heterocycles. The Kier molecular flexibility index (Phi) is 9.76. The summed E-state index contributed by atoms with van der Waals surface area (Å²) >= 11 is 0. The van der Waals surface area contributed by atoms with Crippen LogP contribution in [0, 0.1) is 0 Å². The minimum Gasteiger partial charge on any atom is -0.465 e. The molecule has 0 atom stereocenters. The van der Waals surface area contributed by atoms with E-state index in [0.717, 1.165) is 51.6 Å². The Labute approximate surface area is 210 Å². The number of benzene rings is 2. The van der Waals surface area contributed by atoms with Crippen LogP contribution >= 0.6 is 0 Å². The number of hydrogen-bond acceptors (Lipinski definition) is 4. The number of carbonyl (C=O) groups is 2. The van der Waals surface area contributed by atoms with E-state index in [1.54, 1.807) is 11.0 Å². The first-order valence-corrected chi connectivity index (χ1v) is 13.1. The number of hydrogen-bond donors (Lipinski definition) is 0. The average molecular weight is 480 g/mol. The Balaban J connectivity index is 1.46. The summed E-state index contributed by atoms with van der Waals surface area (Å²) in [5.41, 5.74) is 4.45. The Morgan fingerprint density at radius 2 is 1.57 bits per heavy atom. The van der Waals surface area contributed by atoms with Gasteiger partial charge in [-0.05, 0) is 84.9 Å². The van der Waals surface area contributed by atoms with E-state index in [9.17, 15) is 9.59 Å². The van der Waals surface area contributed by atoms with Crippen molar-refractivity contribution < 1.29 is 19.1 Å². The van der Waals surface area contributed by atoms with Crippen LogP contribution in [0.2, 0.25) is 0 Å². The van der Waals surface area contributed by atoms with Gasteiger partial charge in [0, 0.05) is 13.1 Å². The highest BCUT2D eigenvalue weighted by molar-refractivity contribution is 5.89. The standard InChI is InChI=1S/C30H41NO4/c1-30(2,3)27-18-17-26(35-29(33)31-19-10-11-20-31)22-24(27)15-9-7-5-6-8-13-23-14-12-16-25(21-23)28(32)34-4/h12,14,16-18,21-22H,5-11,13,15,19-20H2,1-4H3. The molecule has 35 heavy (non-hydrogen) atoms. The summed E-state index contributed by atoms with van der Waals surface area (Å²) < 4.78 is 10.5. The van der Waals surface area contributed by atoms with Crippen LogP contribution in [-0.2, 0) is 23.0 Å². The lowest BCUT2D eigenvalue weighted by atomic mass is 9.82. The number of nitrogens with zero attached hydrogens (tertiary/aromatic N) is 1. The SMILES string of the molecule is COC(=O)c1cccc(CCCCCCCc2cc(OC(=O)N3CCCC3)ccc2C(C)(C)C)c1. The number of aryl methyl sites for hydroxylation is 2. The monoisotopic (exact) mass is 479 g/mol. The van der Waals surface area contributed by atoms with E-state index in [1.165, 1.54) is 43.1 Å². The first-order valence-electron chi connectivity index (χ1n) is 13.1. The van der Waals surface area contributed by atoms with Crippen molar-refractivity contribution in [2.45, 2.75) is 84.0 Å². The third-order valence-electron chi connectivity index (χ3n) is 6.71. The van der Waals surface area contributed by atoms with Gasteiger partial charge in [-0.25, -0.2) is 9.59 Å². The fraction of sp³-hybridized carbons (Fsp3) is 0.533. The Morgan fingerprint density at radius 3 is 2.26 bits per heavy atom. The smallest absolute Gasteiger partial charge is 0.415 e. The van der Waals surface area contributed by atoms with Gasteiger partial charge in [-0.3, -0.25) is 0 Å². The normalized spacial score (nSPS) is 13.7. The van der Waals surface area contributed by atoms with Gasteiger partial charge in [0.25, 0.3) is 0 Å². The quantitative estimate of drug-likeness (QED) is 0.269. The van der Waals surface area contributed by atoms with Crippen molar-refractivity contribution in [1.29, 1.82) is 0 Å². The van der Waals surface area contributed by atoms with Gasteiger partial charge in [-0.15, -0.1) is 0 Å². The van der Waals surface area contributed by atoms with Gasteiger partial charge in [0.2, 0.25) is 0 Å². The molecule has 1 heterocycles. The van der Waals surface area contributed by atoms with E-state index in [1.807, 2.05) is 18.2 Å². The van der Waals surface area contributed by atoms with Crippen molar-refractivity contribution in [3.63, 3.8) is 0 Å². The fourth-order valence-electron chi connectivity index (χ4n) is 4.78. The number of amides is 1. The average Bonchev–Trinajstić information content (AvgIpc) is 3.38. The van der Waals surface area contributed by atoms with Gasteiger partial charge in [0.1, 0.15) is 5.75 Å². The molecule has 0 aromatic heterocycles. The maximum atomic E-state index is 12.4. The summed E-state index contributed by atoms with van der Waals surface area (Å²) in [7, 11) is 1.41. The molecule has 0 bridgehead atoms. The number of unbranched alkanes of at least 4 members (excludes halogenated alkanes) is 4. The number of likely N-dealkylation sites (tertiary alicyclic amines) is 1. The Hall–Kier alpha value is -2.82. The lowest BCUT2D eigenvalue weighted by molar-refractivity contribution is 0.0600. The Morgan fingerprint density at radius 1 is 0.886 bits per heavy atom. The first-order chi connectivity index (χ1) is 16.8. The number of esters is 1. The number of ether oxygens (including phenoxy) is 2. The number of methoxy groups -OCH3 is 1. The van der Waals surface area contributed by atoms with Crippen LogP contribution in [0.4, 0.5) is 4.79 Å². The van der Waals surface area contributed by atoms with Crippen molar-refractivity contribution in [2.24, 2.45) is 0 Å². The molecule has 1 aliphatic heterocycles. The van der Waals surface area contributed by atoms with Crippen molar-refractivity contribution in [1.82, 2.24) is 4.90 Å². The zero-order valence-electron chi connectivity index (χ0n) is 21.9. The van der Waals surface area contributed by atoms with Crippen LogP contribution in [0.3, 0.4) is 0 Å². The van der Waals surface area contributed by atoms with Crippen LogP contribution in [0.5, 0.6) is 5.75 Å². The van der Waals surface area contributed by atoms with Crippen molar-refractivity contribution in [3.8, 4) is 5.75 Å². The lowest BCUT2D eigenvalue weighted by Gasteiger charge is -2.24. The molecule has 0 N–H and O–H groups in total. The van der Waals surface area contributed by atoms with Crippen molar-refractivity contribution in [3.05, 3.63) is 64.7 Å². The van der Waals surface area contributed by atoms with Crippen LogP contribution in [-0.4, -0.2) is 37.2 Å². The molecule has 190 valence electrons. The van der Waals surface area contributed by atoms with E-state index in [0.29, 0.717) is 11.3 Å². The van der Waals surface area contributed by atoms with Gasteiger partial charge >= 0.3 is 12.1 Å². The maximum absolute atomic E-state index is 12.4. The zero-order chi connectivity index (χ0) is 25.3. The summed E-state index contributed by atoms with van der Waals surface area (Å²) in [6, 6.07) is 13.9. The molecule has 5 heteroatoms. The fourth-order valence-corrected chi connectivity index (χ4v) is 4.78. The molecule has 0 spiro atoms. The summed E-state index contributed by atoms with van der Waals surface area (Å²) in [4.78, 5) is 25.9. The minimum absolute atomic E-state index is 0.0472. The van der Waals surface area contributed by atoms with Crippen LogP contribution in [0.25, 0.3) is 0 Å². The van der Waals surface area contributed by atoms with E-state index >= 15 is 0 Å². The molecule has 2 aromatic carbocycles. The molecule has 5 nitrogen and oxygen atoms in total. The topological polar surface area (TPSA) is 55.8 Å². The van der Waals surface area contributed by atoms with E-state index < -0.39 is 0 Å². The second-order valence-corrected chi connectivity index (χ2v) is 10.6. The van der Waals surface area contributed by atoms with Crippen molar-refractivity contribution in [2.75, 3.05) is 20.2 Å². The highest BCUT2D eigenvalue weighted by Gasteiger charge is 2.22. The molecule has 0 unspecified atom stereocenters. The predicted octanol–water partition coefficient (Wildman–Crippen LogP) is 7.10. The molecule has 1 aliphatic rings. The molecule has 1 fully saturated rings. The summed E-state index contributed by atoms with van der Waals surface area (Å²) in [5, 5.41) is 0. The molecule has 1 amide bonds. The third-order valence-corrected chi connectivity index (χ3v) is 6.71. The summed E-state index contributed by atoms with van der Waals surface area (Å²) in [5.74, 6) is 0.371. The predicted molar refractivity (Wildman–Crippen MR) is 140 cm³/mol. The van der Waals surface area contributed by atoms with E-state index in [2.05, 4.69) is 39.0 Å². The second kappa shape index (κ2) is 12.8. The second-order valence-electron chi connectivity index (χ2n) is 10.6. The number of rotatable bonds is 10. The Bertz CT molecular complexity index is 986. The molecule has 0 saturated carbocycles. The van der Waals surface area contributed by atoms with E-state index in [4.69, 9.17) is 9.47 Å². The van der Waals surface area contributed by atoms with Gasteiger partial charge in [-0.1, -0.05) is 58.2 Å². The molecular weight excluding hydrogens is 438 g/mol. The van der Waals surface area contributed by atoms with Crippen LogP contribution in [0.15, 0.2) is 42.5 Å². The van der Waals surface area contributed by atoms with Gasteiger partial charge < -0.3 is 14.4 Å². The third kappa shape index (κ3) is 8.12. The minimum atomic E-state index is -0.281. The van der Waals surface area contributed by atoms with Gasteiger partial charge in [0.05, 0.1) is 12.7 Å². The highest BCUT2D eigenvalue weighted by atomic mass is 16.6. The number of carbonyl (C=O) groups excluding carboxylic acids is 2. The summed E-state index contributed by atoms with van der Waals surface area (Å²) in [6.45, 7) is 8.29. The molecule has 0 radical (unpaired) electrons. The highest BCUT2D eigenvalue weighted by Crippen LogP contribution is 2.30. The van der Waals surface area contributed by atoms with Crippen molar-refractivity contribution >= 4 is 12.1 Å². The maximum Gasteiger partial charge on any atom is 0.415 e. The van der Waals surface area contributed by atoms with Crippen LogP contribution in [0.1, 0.15) is 92.8 Å².